The van der Waals surface area contributed by atoms with Crippen LogP contribution >= 0.6 is 0 Å². The molecule has 0 amide bonds. The molecule has 1 aromatic heterocycles. The molecule has 1 heterocycles. The number of fused-ring (bicyclic) bond motifs is 1. The molecule has 80 valence electrons. The van der Waals surface area contributed by atoms with Crippen LogP contribution in [-0.4, -0.2) is 37.4 Å². The van der Waals surface area contributed by atoms with Gasteiger partial charge in [0.2, 0.25) is 0 Å². The first kappa shape index (κ1) is 10.4. The molecule has 0 unspecified atom stereocenters. The van der Waals surface area contributed by atoms with Gasteiger partial charge >= 0.3 is 87.2 Å². The van der Waals surface area contributed by atoms with Crippen LogP contribution in [0.3, 0.4) is 0 Å². The van der Waals surface area contributed by atoms with Crippen LogP contribution in [0.25, 0.3) is 11.0 Å². The Kier molecular flexibility index (Phi) is 2.44. The van der Waals surface area contributed by atoms with Crippen molar-refractivity contribution < 1.29 is 17.0 Å². The summed E-state index contributed by atoms with van der Waals surface area (Å²) in [5, 5.41) is 9.00. The second-order valence-electron chi connectivity index (χ2n) is 3.08. The van der Waals surface area contributed by atoms with Gasteiger partial charge in [-0.05, 0) is 0 Å². The van der Waals surface area contributed by atoms with Crippen LogP contribution in [0, 0.1) is 0 Å². The Morgan fingerprint density at radius 2 is 2.13 bits per heavy atom. The van der Waals surface area contributed by atoms with Crippen molar-refractivity contribution in [2.24, 2.45) is 0 Å². The Hall–Kier alpha value is -1.07. The summed E-state index contributed by atoms with van der Waals surface area (Å²) in [7, 11) is 0. The van der Waals surface area contributed by atoms with Crippen LogP contribution in [-0.2, 0) is 10.3 Å². The number of hydrogen-bond donors (Lipinski definition) is 4. The molecule has 0 aliphatic carbocycles. The molecule has 0 radical (unpaired) electrons. The molecule has 7 heteroatoms. The minimum absolute atomic E-state index is 0.213. The van der Waals surface area contributed by atoms with Crippen molar-refractivity contribution >= 4 is 29.8 Å². The maximum atomic E-state index is 11.0. The second-order valence-corrected chi connectivity index (χ2v) is 6.25. The van der Waals surface area contributed by atoms with E-state index in [0.29, 0.717) is 16.6 Å². The van der Waals surface area contributed by atoms with Gasteiger partial charge in [-0.2, -0.15) is 0 Å². The number of rotatable bonds is 2. The number of nitrogens with zero attached hydrogens (tertiary/aromatic N) is 1. The fourth-order valence-corrected chi connectivity index (χ4v) is 2.39. The number of aromatic nitrogens is 2. The monoisotopic (exact) mass is 272 g/mol. The third-order valence-corrected chi connectivity index (χ3v) is 3.63. The summed E-state index contributed by atoms with van der Waals surface area (Å²) >= 11 is -4.98. The van der Waals surface area contributed by atoms with Gasteiger partial charge in [-0.25, -0.2) is 0 Å². The van der Waals surface area contributed by atoms with Gasteiger partial charge in [0.25, 0.3) is 0 Å². The van der Waals surface area contributed by atoms with E-state index in [1.54, 1.807) is 18.2 Å². The molecule has 0 saturated heterocycles. The van der Waals surface area contributed by atoms with Gasteiger partial charge in [0.15, 0.2) is 0 Å². The van der Waals surface area contributed by atoms with E-state index in [1.165, 1.54) is 0 Å². The molecule has 4 N–H and O–H groups in total. The summed E-state index contributed by atoms with van der Waals surface area (Å²) in [5.41, 5.74) is 1.46. The molecule has 0 bridgehead atoms. The minimum atomic E-state index is -4.98. The van der Waals surface area contributed by atoms with Gasteiger partial charge < -0.3 is 0 Å². The summed E-state index contributed by atoms with van der Waals surface area (Å²) in [5.74, 6) is 0. The van der Waals surface area contributed by atoms with Crippen LogP contribution in [0.4, 0.5) is 0 Å². The normalized spacial score (nSPS) is 12.2. The molecule has 0 aliphatic heterocycles. The average molecular weight is 272 g/mol. The topological polar surface area (TPSA) is 106 Å². The molecular formula is C8H9AsN2O4. The van der Waals surface area contributed by atoms with Crippen molar-refractivity contribution in [3.05, 3.63) is 23.8 Å². The van der Waals surface area contributed by atoms with E-state index < -0.39 is 14.2 Å². The van der Waals surface area contributed by atoms with Crippen LogP contribution < -0.4 is 4.61 Å². The fourth-order valence-electron chi connectivity index (χ4n) is 1.34. The van der Waals surface area contributed by atoms with Gasteiger partial charge in [0.1, 0.15) is 0 Å². The third kappa shape index (κ3) is 1.85. The van der Waals surface area contributed by atoms with Crippen molar-refractivity contribution in [1.82, 2.24) is 9.97 Å². The molecule has 2 rings (SSSR count). The average Bonchev–Trinajstić information content (AvgIpc) is 2.59. The number of nitrogens with one attached hydrogen (secondary N) is 1. The van der Waals surface area contributed by atoms with Crippen molar-refractivity contribution in [2.45, 2.75) is 6.61 Å². The van der Waals surface area contributed by atoms with E-state index in [0.717, 1.165) is 0 Å². The molecule has 0 atom stereocenters. The first-order valence-electron chi connectivity index (χ1n) is 4.17. The van der Waals surface area contributed by atoms with Crippen molar-refractivity contribution in [1.29, 1.82) is 0 Å². The number of para-hydroxylation sites is 1. The molecule has 0 aliphatic rings. The molecule has 6 nitrogen and oxygen atoms in total. The standard InChI is InChI=1S/C8H9AsN2O4/c12-4-5-2-1-3-6-7(5)11-8(10-6)9(13,14)15/h1-3,12H,4H2,(H,10,11)(H2,13,14,15). The van der Waals surface area contributed by atoms with Gasteiger partial charge in [0, 0.05) is 0 Å². The van der Waals surface area contributed by atoms with E-state index in [1.807, 2.05) is 0 Å². The van der Waals surface area contributed by atoms with E-state index in [-0.39, 0.29) is 11.2 Å². The zero-order valence-corrected chi connectivity index (χ0v) is 9.46. The Bertz CT molecular complexity index is 545. The van der Waals surface area contributed by atoms with E-state index in [4.69, 9.17) is 13.3 Å². The van der Waals surface area contributed by atoms with Gasteiger partial charge in [-0.3, -0.25) is 0 Å². The van der Waals surface area contributed by atoms with Crippen LogP contribution in [0.2, 0.25) is 0 Å². The number of benzene rings is 1. The predicted molar refractivity (Wildman–Crippen MR) is 52.5 cm³/mol. The number of aliphatic hydroxyl groups excluding tert-OH is 1. The molecular weight excluding hydrogens is 263 g/mol. The predicted octanol–water partition coefficient (Wildman–Crippen LogP) is -1.38. The Labute approximate surface area is 87.6 Å². The number of aromatic amines is 1. The number of H-pyrrole nitrogens is 1. The van der Waals surface area contributed by atoms with Gasteiger partial charge in [-0.1, -0.05) is 0 Å². The van der Waals surface area contributed by atoms with Crippen molar-refractivity contribution in [3.63, 3.8) is 0 Å². The SMILES string of the molecule is O=[As](O)(O)c1nc2c(CO)cccc2[nH]1. The molecule has 2 aromatic rings. The molecule has 0 saturated carbocycles. The fraction of sp³-hybridized carbons (Fsp3) is 0.125. The zero-order valence-electron chi connectivity index (χ0n) is 7.58. The summed E-state index contributed by atoms with van der Waals surface area (Å²) in [4.78, 5) is 6.36. The van der Waals surface area contributed by atoms with Gasteiger partial charge in [0.05, 0.1) is 0 Å². The number of aliphatic hydroxyl groups is 1. The first-order valence-corrected chi connectivity index (χ1v) is 7.55. The van der Waals surface area contributed by atoms with E-state index in [9.17, 15) is 3.74 Å². The number of hydrogen-bond acceptors (Lipinski definition) is 3. The Morgan fingerprint density at radius 1 is 1.40 bits per heavy atom. The van der Waals surface area contributed by atoms with E-state index >= 15 is 0 Å². The second kappa shape index (κ2) is 3.50. The van der Waals surface area contributed by atoms with Crippen LogP contribution in [0.15, 0.2) is 18.2 Å². The summed E-state index contributed by atoms with van der Waals surface area (Å²) in [6.07, 6.45) is 0. The molecule has 1 aromatic carbocycles. The van der Waals surface area contributed by atoms with Crippen molar-refractivity contribution in [2.75, 3.05) is 0 Å². The third-order valence-electron chi connectivity index (χ3n) is 2.03. The quantitative estimate of drug-likeness (QED) is 0.504. The van der Waals surface area contributed by atoms with Crippen molar-refractivity contribution in [3.8, 4) is 0 Å². The first-order chi connectivity index (χ1) is 7.02. The maximum absolute atomic E-state index is 11.0. The number of imidazole rings is 1. The zero-order chi connectivity index (χ0) is 11.1. The Morgan fingerprint density at radius 3 is 2.73 bits per heavy atom. The van der Waals surface area contributed by atoms with Crippen LogP contribution in [0.1, 0.15) is 5.56 Å². The summed E-state index contributed by atoms with van der Waals surface area (Å²) in [6.45, 7) is -0.213. The van der Waals surface area contributed by atoms with E-state index in [2.05, 4.69) is 9.97 Å². The van der Waals surface area contributed by atoms with Gasteiger partial charge in [-0.15, -0.1) is 0 Å². The summed E-state index contributed by atoms with van der Waals surface area (Å²) < 4.78 is 28.6. The van der Waals surface area contributed by atoms with Crippen LogP contribution in [0.5, 0.6) is 0 Å². The molecule has 0 fully saturated rings. The summed E-state index contributed by atoms with van der Waals surface area (Å²) in [6, 6.07) is 4.98. The Balaban J connectivity index is 2.71. The molecule has 0 spiro atoms. The molecule has 15 heavy (non-hydrogen) atoms.